The van der Waals surface area contributed by atoms with Crippen LogP contribution in [0.15, 0.2) is 17.5 Å². The fraction of sp³-hybridized carbons (Fsp3) is 0.692. The highest BCUT2D eigenvalue weighted by atomic mass is 35.5. The fourth-order valence-electron chi connectivity index (χ4n) is 2.55. The number of nitrogens with zero attached hydrogens (tertiary/aromatic N) is 1. The minimum atomic E-state index is 0. The summed E-state index contributed by atoms with van der Waals surface area (Å²) in [6.45, 7) is 4.66. The molecule has 0 amide bonds. The van der Waals surface area contributed by atoms with Gasteiger partial charge in [-0.05, 0) is 30.8 Å². The predicted octanol–water partition coefficient (Wildman–Crippen LogP) is 4.32. The highest BCUT2D eigenvalue weighted by Gasteiger charge is 2.19. The number of thiophene rings is 1. The summed E-state index contributed by atoms with van der Waals surface area (Å²) in [5.41, 5.74) is 0. The molecule has 1 saturated carbocycles. The first-order chi connectivity index (χ1) is 7.40. The predicted molar refractivity (Wildman–Crippen MR) is 74.5 cm³/mol. The zero-order chi connectivity index (χ0) is 10.5. The lowest BCUT2D eigenvalue weighted by Crippen LogP contribution is -2.35. The summed E-state index contributed by atoms with van der Waals surface area (Å²) in [7, 11) is 0. The summed E-state index contributed by atoms with van der Waals surface area (Å²) < 4.78 is 0. The Hall–Kier alpha value is -0.0500. The number of halogens is 1. The van der Waals surface area contributed by atoms with Crippen molar-refractivity contribution < 1.29 is 0 Å². The maximum absolute atomic E-state index is 2.66. The van der Waals surface area contributed by atoms with Crippen molar-refractivity contribution in [2.24, 2.45) is 0 Å². The summed E-state index contributed by atoms with van der Waals surface area (Å²) in [4.78, 5) is 4.17. The van der Waals surface area contributed by atoms with Gasteiger partial charge in [0.1, 0.15) is 0 Å². The Balaban J connectivity index is 0.00000128. The molecule has 16 heavy (non-hydrogen) atoms. The average molecular weight is 260 g/mol. The van der Waals surface area contributed by atoms with Crippen molar-refractivity contribution in [3.05, 3.63) is 22.4 Å². The van der Waals surface area contributed by atoms with Crippen molar-refractivity contribution in [1.29, 1.82) is 0 Å². The van der Waals surface area contributed by atoms with Gasteiger partial charge in [0.05, 0.1) is 0 Å². The largest absolute Gasteiger partial charge is 0.296 e. The highest BCUT2D eigenvalue weighted by molar-refractivity contribution is 7.09. The molecule has 0 aromatic carbocycles. The first kappa shape index (κ1) is 14.0. The van der Waals surface area contributed by atoms with Crippen LogP contribution in [0.3, 0.4) is 0 Å². The first-order valence-corrected chi connectivity index (χ1v) is 7.04. The van der Waals surface area contributed by atoms with E-state index in [2.05, 4.69) is 29.3 Å². The molecule has 1 nitrogen and oxygen atoms in total. The lowest BCUT2D eigenvalue weighted by molar-refractivity contribution is 0.157. The molecule has 0 saturated heterocycles. The second kappa shape index (κ2) is 7.31. The van der Waals surface area contributed by atoms with Crippen LogP contribution in [-0.4, -0.2) is 17.5 Å². The molecule has 0 bridgehead atoms. The summed E-state index contributed by atoms with van der Waals surface area (Å²) in [6.07, 6.45) is 7.16. The van der Waals surface area contributed by atoms with Crippen LogP contribution in [-0.2, 0) is 6.54 Å². The van der Waals surface area contributed by atoms with E-state index < -0.39 is 0 Å². The van der Waals surface area contributed by atoms with E-state index in [0.717, 1.165) is 6.04 Å². The van der Waals surface area contributed by atoms with Gasteiger partial charge in [-0.25, -0.2) is 0 Å². The molecule has 0 radical (unpaired) electrons. The summed E-state index contributed by atoms with van der Waals surface area (Å²) in [6, 6.07) is 5.27. The third-order valence-electron chi connectivity index (χ3n) is 3.44. The maximum atomic E-state index is 2.66. The topological polar surface area (TPSA) is 3.24 Å². The second-order valence-corrected chi connectivity index (χ2v) is 5.47. The van der Waals surface area contributed by atoms with E-state index in [1.165, 1.54) is 50.1 Å². The molecule has 0 atom stereocenters. The van der Waals surface area contributed by atoms with Gasteiger partial charge in [-0.1, -0.05) is 32.3 Å². The molecule has 2 rings (SSSR count). The van der Waals surface area contributed by atoms with Crippen molar-refractivity contribution >= 4 is 23.7 Å². The number of hydrogen-bond acceptors (Lipinski definition) is 2. The van der Waals surface area contributed by atoms with Gasteiger partial charge in [0.2, 0.25) is 0 Å². The molecule has 1 aliphatic rings. The maximum Gasteiger partial charge on any atom is 0.0330 e. The normalized spacial score (nSPS) is 17.4. The quantitative estimate of drug-likeness (QED) is 0.778. The Bertz CT molecular complexity index is 267. The Morgan fingerprint density at radius 3 is 2.62 bits per heavy atom. The molecule has 1 aromatic heterocycles. The summed E-state index contributed by atoms with van der Waals surface area (Å²) in [5.74, 6) is 0. The van der Waals surface area contributed by atoms with E-state index in [4.69, 9.17) is 0 Å². The standard InChI is InChI=1S/C13H21NS.ClH/c1-2-14(11-13-9-6-10-15-13)12-7-4-3-5-8-12;/h6,9-10,12H,2-5,7-8,11H2,1H3;1H. The van der Waals surface area contributed by atoms with Gasteiger partial charge in [-0.3, -0.25) is 4.90 Å². The Kier molecular flexibility index (Phi) is 6.40. The SMILES string of the molecule is CCN(Cc1cccs1)C1CCCCC1.Cl. The molecule has 3 heteroatoms. The molecule has 1 fully saturated rings. The van der Waals surface area contributed by atoms with Crippen LogP contribution in [0.25, 0.3) is 0 Å². The number of hydrogen-bond donors (Lipinski definition) is 0. The monoisotopic (exact) mass is 259 g/mol. The van der Waals surface area contributed by atoms with Gasteiger partial charge < -0.3 is 0 Å². The molecule has 0 spiro atoms. The molecule has 92 valence electrons. The lowest BCUT2D eigenvalue weighted by atomic mass is 9.94. The van der Waals surface area contributed by atoms with Gasteiger partial charge >= 0.3 is 0 Å². The van der Waals surface area contributed by atoms with E-state index in [1.54, 1.807) is 0 Å². The van der Waals surface area contributed by atoms with Crippen molar-refractivity contribution in [1.82, 2.24) is 4.90 Å². The first-order valence-electron chi connectivity index (χ1n) is 6.16. The minimum absolute atomic E-state index is 0. The van der Waals surface area contributed by atoms with E-state index in [0.29, 0.717) is 0 Å². The molecule has 1 aromatic rings. The average Bonchev–Trinajstić information content (AvgIpc) is 2.80. The van der Waals surface area contributed by atoms with Crippen LogP contribution >= 0.6 is 23.7 Å². The molecule has 0 aliphatic heterocycles. The molecular weight excluding hydrogens is 238 g/mol. The third kappa shape index (κ3) is 3.76. The van der Waals surface area contributed by atoms with Crippen molar-refractivity contribution in [2.75, 3.05) is 6.54 Å². The Labute approximate surface area is 109 Å². The van der Waals surface area contributed by atoms with Crippen molar-refractivity contribution in [3.8, 4) is 0 Å². The molecule has 0 unspecified atom stereocenters. The van der Waals surface area contributed by atoms with E-state index in [-0.39, 0.29) is 12.4 Å². The van der Waals surface area contributed by atoms with Crippen LogP contribution in [0, 0.1) is 0 Å². The fourth-order valence-corrected chi connectivity index (χ4v) is 3.28. The van der Waals surface area contributed by atoms with Gasteiger partial charge in [0.25, 0.3) is 0 Å². The van der Waals surface area contributed by atoms with E-state index in [9.17, 15) is 0 Å². The molecular formula is C13H22ClNS. The van der Waals surface area contributed by atoms with Crippen LogP contribution in [0.2, 0.25) is 0 Å². The van der Waals surface area contributed by atoms with Gasteiger partial charge in [-0.2, -0.15) is 0 Å². The van der Waals surface area contributed by atoms with Gasteiger partial charge in [0.15, 0.2) is 0 Å². The summed E-state index contributed by atoms with van der Waals surface area (Å²) in [5, 5.41) is 2.18. The van der Waals surface area contributed by atoms with Crippen molar-refractivity contribution in [2.45, 2.75) is 51.6 Å². The Morgan fingerprint density at radius 2 is 2.06 bits per heavy atom. The lowest BCUT2D eigenvalue weighted by Gasteiger charge is -2.33. The van der Waals surface area contributed by atoms with Crippen LogP contribution < -0.4 is 0 Å². The third-order valence-corrected chi connectivity index (χ3v) is 4.30. The second-order valence-electron chi connectivity index (χ2n) is 4.43. The zero-order valence-corrected chi connectivity index (χ0v) is 11.7. The molecule has 1 heterocycles. The van der Waals surface area contributed by atoms with Crippen molar-refractivity contribution in [3.63, 3.8) is 0 Å². The number of rotatable bonds is 4. The van der Waals surface area contributed by atoms with Gasteiger partial charge in [-0.15, -0.1) is 23.7 Å². The zero-order valence-electron chi connectivity index (χ0n) is 10.0. The summed E-state index contributed by atoms with van der Waals surface area (Å²) >= 11 is 1.89. The molecule has 0 N–H and O–H groups in total. The van der Waals surface area contributed by atoms with Gasteiger partial charge in [0, 0.05) is 17.5 Å². The Morgan fingerprint density at radius 1 is 1.31 bits per heavy atom. The van der Waals surface area contributed by atoms with E-state index >= 15 is 0 Å². The van der Waals surface area contributed by atoms with E-state index in [1.807, 2.05) is 11.3 Å². The highest BCUT2D eigenvalue weighted by Crippen LogP contribution is 2.24. The van der Waals surface area contributed by atoms with Crippen LogP contribution in [0.4, 0.5) is 0 Å². The molecule has 1 aliphatic carbocycles. The smallest absolute Gasteiger partial charge is 0.0330 e. The van der Waals surface area contributed by atoms with Crippen LogP contribution in [0.1, 0.15) is 43.9 Å². The minimum Gasteiger partial charge on any atom is -0.296 e. The van der Waals surface area contributed by atoms with Crippen LogP contribution in [0.5, 0.6) is 0 Å².